The molecular weight excluding hydrogens is 310 g/mol. The standard InChI is InChI=1S/C20H27N5/c1-4-9-16-13-20(5-2,22-6-3)25-19(23-16)24-17-12-15-10-7-8-11-18(15)21-14-17/h7-8,10-14,22H,4-6,9H2,1-3H3,(H2,23,24,25). The number of rotatable bonds is 6. The molecule has 0 spiro atoms. The number of anilines is 1. The van der Waals surface area contributed by atoms with Gasteiger partial charge in [-0.05, 0) is 37.6 Å². The van der Waals surface area contributed by atoms with Gasteiger partial charge in [0.2, 0.25) is 5.96 Å². The third-order valence-corrected chi connectivity index (χ3v) is 4.40. The molecule has 0 aliphatic carbocycles. The second kappa shape index (κ2) is 7.66. The van der Waals surface area contributed by atoms with E-state index in [9.17, 15) is 0 Å². The van der Waals surface area contributed by atoms with Gasteiger partial charge in [0, 0.05) is 11.1 Å². The maximum absolute atomic E-state index is 4.91. The average Bonchev–Trinajstić information content (AvgIpc) is 2.62. The summed E-state index contributed by atoms with van der Waals surface area (Å²) < 4.78 is 0. The fourth-order valence-electron chi connectivity index (χ4n) is 3.18. The number of likely N-dealkylation sites (N-methyl/N-ethyl adjacent to an activating group) is 1. The van der Waals surface area contributed by atoms with Gasteiger partial charge >= 0.3 is 0 Å². The van der Waals surface area contributed by atoms with Crippen molar-refractivity contribution in [2.45, 2.75) is 45.7 Å². The summed E-state index contributed by atoms with van der Waals surface area (Å²) in [6.07, 6.45) is 7.07. The minimum absolute atomic E-state index is 0.350. The Morgan fingerprint density at radius 3 is 2.76 bits per heavy atom. The molecule has 3 N–H and O–H groups in total. The average molecular weight is 337 g/mol. The van der Waals surface area contributed by atoms with Crippen molar-refractivity contribution in [3.8, 4) is 0 Å². The van der Waals surface area contributed by atoms with Gasteiger partial charge in [-0.3, -0.25) is 10.3 Å². The fraction of sp³-hybridized carbons (Fsp3) is 0.400. The Morgan fingerprint density at radius 1 is 1.16 bits per heavy atom. The third-order valence-electron chi connectivity index (χ3n) is 4.40. The van der Waals surface area contributed by atoms with E-state index in [2.05, 4.69) is 59.9 Å². The van der Waals surface area contributed by atoms with Gasteiger partial charge in [0.1, 0.15) is 5.66 Å². The minimum Gasteiger partial charge on any atom is -0.330 e. The van der Waals surface area contributed by atoms with Crippen LogP contribution in [0.5, 0.6) is 0 Å². The van der Waals surface area contributed by atoms with Gasteiger partial charge in [-0.2, -0.15) is 0 Å². The lowest BCUT2D eigenvalue weighted by Crippen LogP contribution is -2.48. The first kappa shape index (κ1) is 17.4. The zero-order valence-electron chi connectivity index (χ0n) is 15.3. The number of guanidine groups is 1. The monoisotopic (exact) mass is 337 g/mol. The summed E-state index contributed by atoms with van der Waals surface area (Å²) in [5, 5.41) is 11.5. The fourth-order valence-corrected chi connectivity index (χ4v) is 3.18. The number of para-hydroxylation sites is 1. The van der Waals surface area contributed by atoms with Gasteiger partial charge in [-0.1, -0.05) is 45.4 Å². The summed E-state index contributed by atoms with van der Waals surface area (Å²) in [6, 6.07) is 10.2. The number of aromatic nitrogens is 1. The van der Waals surface area contributed by atoms with Gasteiger partial charge in [0.05, 0.1) is 17.4 Å². The highest BCUT2D eigenvalue weighted by molar-refractivity contribution is 5.97. The van der Waals surface area contributed by atoms with Gasteiger partial charge in [-0.15, -0.1) is 0 Å². The van der Waals surface area contributed by atoms with E-state index in [4.69, 9.17) is 4.99 Å². The lowest BCUT2D eigenvalue weighted by molar-refractivity contribution is 0.405. The Labute approximate surface area is 149 Å². The van der Waals surface area contributed by atoms with Crippen LogP contribution < -0.4 is 16.0 Å². The zero-order valence-corrected chi connectivity index (χ0v) is 15.3. The summed E-state index contributed by atoms with van der Waals surface area (Å²) in [5.74, 6) is 0.769. The molecule has 0 fully saturated rings. The summed E-state index contributed by atoms with van der Waals surface area (Å²) in [7, 11) is 0. The van der Waals surface area contributed by atoms with E-state index in [1.807, 2.05) is 24.4 Å². The van der Waals surface area contributed by atoms with Crippen molar-refractivity contribution in [1.29, 1.82) is 0 Å². The van der Waals surface area contributed by atoms with Crippen molar-refractivity contribution >= 4 is 22.5 Å². The van der Waals surface area contributed by atoms with Crippen LogP contribution in [0.1, 0.15) is 40.0 Å². The molecule has 0 amide bonds. The number of hydrogen-bond acceptors (Lipinski definition) is 5. The maximum atomic E-state index is 4.91. The predicted octanol–water partition coefficient (Wildman–Crippen LogP) is 4.01. The number of fused-ring (bicyclic) bond motifs is 1. The molecule has 1 aliphatic heterocycles. The Bertz CT molecular complexity index is 796. The molecule has 1 aliphatic rings. The van der Waals surface area contributed by atoms with Crippen LogP contribution in [0.4, 0.5) is 5.69 Å². The first-order chi connectivity index (χ1) is 12.2. The summed E-state index contributed by atoms with van der Waals surface area (Å²) in [5.41, 5.74) is 2.78. The van der Waals surface area contributed by atoms with Gasteiger partial charge in [0.15, 0.2) is 0 Å². The van der Waals surface area contributed by atoms with Crippen LogP contribution in [0.25, 0.3) is 10.9 Å². The molecule has 1 atom stereocenters. The van der Waals surface area contributed by atoms with Crippen LogP contribution in [-0.2, 0) is 0 Å². The van der Waals surface area contributed by atoms with Crippen molar-refractivity contribution in [2.24, 2.45) is 4.99 Å². The van der Waals surface area contributed by atoms with E-state index in [0.29, 0.717) is 0 Å². The number of pyridine rings is 1. The van der Waals surface area contributed by atoms with Crippen molar-refractivity contribution < 1.29 is 0 Å². The van der Waals surface area contributed by atoms with E-state index in [1.54, 1.807) is 0 Å². The Balaban J connectivity index is 1.88. The van der Waals surface area contributed by atoms with Gasteiger partial charge in [-0.25, -0.2) is 4.99 Å². The summed E-state index contributed by atoms with van der Waals surface area (Å²) in [4.78, 5) is 9.43. The number of aliphatic imine (C=N–C) groups is 1. The van der Waals surface area contributed by atoms with Crippen LogP contribution in [0.2, 0.25) is 0 Å². The van der Waals surface area contributed by atoms with E-state index in [1.165, 1.54) is 5.70 Å². The molecular formula is C20H27N5. The molecule has 0 saturated carbocycles. The number of allylic oxidation sites excluding steroid dienone is 1. The zero-order chi connectivity index (χ0) is 17.7. The smallest absolute Gasteiger partial charge is 0.202 e. The molecule has 0 saturated heterocycles. The quantitative estimate of drug-likeness (QED) is 0.745. The normalized spacial score (nSPS) is 20.0. The lowest BCUT2D eigenvalue weighted by Gasteiger charge is -2.33. The first-order valence-corrected chi connectivity index (χ1v) is 9.13. The highest BCUT2D eigenvalue weighted by atomic mass is 15.3. The van der Waals surface area contributed by atoms with E-state index in [-0.39, 0.29) is 5.66 Å². The van der Waals surface area contributed by atoms with Crippen LogP contribution in [0.3, 0.4) is 0 Å². The first-order valence-electron chi connectivity index (χ1n) is 9.13. The molecule has 1 unspecified atom stereocenters. The SMILES string of the molecule is CCCC1=CC(CC)(NCC)N=C(Nc2cnc3ccccc3c2)N1. The molecule has 5 nitrogen and oxygen atoms in total. The Hall–Kier alpha value is -2.40. The van der Waals surface area contributed by atoms with Crippen LogP contribution in [-0.4, -0.2) is 23.2 Å². The van der Waals surface area contributed by atoms with Crippen LogP contribution >= 0.6 is 0 Å². The number of nitrogens with one attached hydrogen (secondary N) is 3. The highest BCUT2D eigenvalue weighted by Crippen LogP contribution is 2.23. The second-order valence-corrected chi connectivity index (χ2v) is 6.35. The van der Waals surface area contributed by atoms with Crippen molar-refractivity contribution in [3.05, 3.63) is 48.3 Å². The molecule has 2 aromatic rings. The predicted molar refractivity (Wildman–Crippen MR) is 106 cm³/mol. The number of benzene rings is 1. The van der Waals surface area contributed by atoms with Crippen LogP contribution in [0.15, 0.2) is 53.3 Å². The maximum Gasteiger partial charge on any atom is 0.202 e. The molecule has 2 heterocycles. The van der Waals surface area contributed by atoms with E-state index >= 15 is 0 Å². The molecule has 0 radical (unpaired) electrons. The second-order valence-electron chi connectivity index (χ2n) is 6.35. The molecule has 132 valence electrons. The van der Waals surface area contributed by atoms with Crippen molar-refractivity contribution in [2.75, 3.05) is 11.9 Å². The molecule has 3 rings (SSSR count). The molecule has 5 heteroatoms. The number of nitrogens with zero attached hydrogens (tertiary/aromatic N) is 2. The van der Waals surface area contributed by atoms with Crippen molar-refractivity contribution in [1.82, 2.24) is 15.6 Å². The summed E-state index contributed by atoms with van der Waals surface area (Å²) >= 11 is 0. The van der Waals surface area contributed by atoms with E-state index < -0.39 is 0 Å². The van der Waals surface area contributed by atoms with Gasteiger partial charge in [0.25, 0.3) is 0 Å². The topological polar surface area (TPSA) is 61.3 Å². The molecule has 25 heavy (non-hydrogen) atoms. The molecule has 0 bridgehead atoms. The molecule has 1 aromatic carbocycles. The lowest BCUT2D eigenvalue weighted by atomic mass is 10.0. The van der Waals surface area contributed by atoms with Gasteiger partial charge < -0.3 is 10.6 Å². The number of hydrogen-bond donors (Lipinski definition) is 3. The molecule has 1 aromatic heterocycles. The minimum atomic E-state index is -0.350. The largest absolute Gasteiger partial charge is 0.330 e. The van der Waals surface area contributed by atoms with Crippen molar-refractivity contribution in [3.63, 3.8) is 0 Å². The third kappa shape index (κ3) is 3.99. The van der Waals surface area contributed by atoms with Crippen LogP contribution in [0, 0.1) is 0 Å². The van der Waals surface area contributed by atoms with E-state index in [0.717, 1.165) is 48.4 Å². The Kier molecular flexibility index (Phi) is 5.34. The Morgan fingerprint density at radius 2 is 2.00 bits per heavy atom. The highest BCUT2D eigenvalue weighted by Gasteiger charge is 2.28. The summed E-state index contributed by atoms with van der Waals surface area (Å²) in [6.45, 7) is 7.34.